The summed E-state index contributed by atoms with van der Waals surface area (Å²) in [5.41, 5.74) is -2.48. The SMILES string of the molecule is O=C(Nc1ccc(SC(F)(F)F)cc1)Nc1c[nH]c2cc(Br)ccc12. The number of amides is 2. The normalized spacial score (nSPS) is 11.5. The van der Waals surface area contributed by atoms with E-state index in [1.54, 1.807) is 6.20 Å². The molecule has 0 fully saturated rings. The molecule has 4 nitrogen and oxygen atoms in total. The number of hydrogen-bond acceptors (Lipinski definition) is 2. The third-order valence-electron chi connectivity index (χ3n) is 3.24. The number of thioether (sulfide) groups is 1. The lowest BCUT2D eigenvalue weighted by Gasteiger charge is -2.09. The van der Waals surface area contributed by atoms with Crippen LogP contribution in [0.5, 0.6) is 0 Å². The van der Waals surface area contributed by atoms with E-state index in [1.807, 2.05) is 18.2 Å². The Balaban J connectivity index is 1.66. The topological polar surface area (TPSA) is 56.9 Å². The number of halogens is 4. The summed E-state index contributed by atoms with van der Waals surface area (Å²) in [7, 11) is 0. The molecule has 3 N–H and O–H groups in total. The Labute approximate surface area is 153 Å². The molecule has 1 heterocycles. The van der Waals surface area contributed by atoms with Crippen molar-refractivity contribution in [2.45, 2.75) is 10.4 Å². The van der Waals surface area contributed by atoms with E-state index in [1.165, 1.54) is 24.3 Å². The van der Waals surface area contributed by atoms with Gasteiger partial charge in [0.05, 0.1) is 5.69 Å². The first-order chi connectivity index (χ1) is 11.8. The summed E-state index contributed by atoms with van der Waals surface area (Å²) in [6.07, 6.45) is 1.67. The molecule has 0 aliphatic heterocycles. The predicted octanol–water partition coefficient (Wildman–Crippen LogP) is 6.19. The van der Waals surface area contributed by atoms with E-state index in [0.717, 1.165) is 15.4 Å². The van der Waals surface area contributed by atoms with E-state index in [4.69, 9.17) is 0 Å². The highest BCUT2D eigenvalue weighted by atomic mass is 79.9. The molecule has 25 heavy (non-hydrogen) atoms. The second-order valence-electron chi connectivity index (χ2n) is 5.04. The number of fused-ring (bicyclic) bond motifs is 1. The van der Waals surface area contributed by atoms with Crippen molar-refractivity contribution in [2.75, 3.05) is 10.6 Å². The summed E-state index contributed by atoms with van der Waals surface area (Å²) in [5, 5.41) is 6.13. The molecule has 0 aliphatic carbocycles. The quantitative estimate of drug-likeness (QED) is 0.435. The van der Waals surface area contributed by atoms with Crippen LogP contribution in [0.3, 0.4) is 0 Å². The molecule has 0 spiro atoms. The monoisotopic (exact) mass is 429 g/mol. The molecule has 3 rings (SSSR count). The van der Waals surface area contributed by atoms with Gasteiger partial charge in [0, 0.05) is 32.2 Å². The number of aromatic amines is 1. The van der Waals surface area contributed by atoms with E-state index in [9.17, 15) is 18.0 Å². The standard InChI is InChI=1S/C16H11BrF3N3OS/c17-9-1-6-12-13(7-9)21-8-14(12)23-15(24)22-10-2-4-11(5-3-10)25-16(18,19)20/h1-8,21H,(H2,22,23,24). The number of urea groups is 1. The largest absolute Gasteiger partial charge is 0.446 e. The van der Waals surface area contributed by atoms with Crippen LogP contribution in [0, 0.1) is 0 Å². The summed E-state index contributed by atoms with van der Waals surface area (Å²) < 4.78 is 37.8. The van der Waals surface area contributed by atoms with Crippen molar-refractivity contribution in [1.29, 1.82) is 0 Å². The molecule has 0 saturated carbocycles. The molecule has 0 bridgehead atoms. The Bertz CT molecular complexity index is 909. The Kier molecular flexibility index (Phi) is 4.96. The Hall–Kier alpha value is -2.13. The van der Waals surface area contributed by atoms with E-state index >= 15 is 0 Å². The van der Waals surface area contributed by atoms with Crippen LogP contribution in [0.2, 0.25) is 0 Å². The van der Waals surface area contributed by atoms with Gasteiger partial charge in [0.2, 0.25) is 0 Å². The van der Waals surface area contributed by atoms with Crippen molar-refractivity contribution in [1.82, 2.24) is 4.98 Å². The maximum atomic E-state index is 12.3. The van der Waals surface area contributed by atoms with Crippen molar-refractivity contribution in [2.24, 2.45) is 0 Å². The van der Waals surface area contributed by atoms with Crippen LogP contribution in [0.25, 0.3) is 10.9 Å². The van der Waals surface area contributed by atoms with Gasteiger partial charge in [0.25, 0.3) is 0 Å². The summed E-state index contributed by atoms with van der Waals surface area (Å²) in [5.74, 6) is 0. The molecule has 1 aromatic heterocycles. The van der Waals surface area contributed by atoms with Crippen LogP contribution < -0.4 is 10.6 Å². The molecule has 2 amide bonds. The molecule has 0 atom stereocenters. The number of nitrogens with one attached hydrogen (secondary N) is 3. The van der Waals surface area contributed by atoms with Gasteiger partial charge in [-0.1, -0.05) is 15.9 Å². The molecule has 2 aromatic carbocycles. The van der Waals surface area contributed by atoms with Crippen molar-refractivity contribution >= 4 is 56.0 Å². The number of carbonyl (C=O) groups excluding carboxylic acids is 1. The van der Waals surface area contributed by atoms with E-state index in [2.05, 4.69) is 31.5 Å². The minimum atomic E-state index is -4.34. The van der Waals surface area contributed by atoms with Crippen LogP contribution in [-0.2, 0) is 0 Å². The van der Waals surface area contributed by atoms with Crippen LogP contribution in [0.1, 0.15) is 0 Å². The minimum Gasteiger partial charge on any atom is -0.359 e. The highest BCUT2D eigenvalue weighted by molar-refractivity contribution is 9.10. The molecular formula is C16H11BrF3N3OS. The van der Waals surface area contributed by atoms with Crippen LogP contribution in [-0.4, -0.2) is 16.5 Å². The van der Waals surface area contributed by atoms with Crippen LogP contribution >= 0.6 is 27.7 Å². The lowest BCUT2D eigenvalue weighted by molar-refractivity contribution is -0.0328. The van der Waals surface area contributed by atoms with Crippen molar-refractivity contribution in [3.05, 3.63) is 53.1 Å². The smallest absolute Gasteiger partial charge is 0.359 e. The zero-order valence-corrected chi connectivity index (χ0v) is 14.8. The first-order valence-corrected chi connectivity index (χ1v) is 8.61. The van der Waals surface area contributed by atoms with Crippen molar-refractivity contribution in [3.63, 3.8) is 0 Å². The lowest BCUT2D eigenvalue weighted by Crippen LogP contribution is -2.19. The minimum absolute atomic E-state index is 0.0562. The number of rotatable bonds is 3. The van der Waals surface area contributed by atoms with Gasteiger partial charge >= 0.3 is 11.5 Å². The average Bonchev–Trinajstić information content (AvgIpc) is 2.90. The Morgan fingerprint density at radius 1 is 1.08 bits per heavy atom. The van der Waals surface area contributed by atoms with Gasteiger partial charge in [-0.25, -0.2) is 4.79 Å². The zero-order chi connectivity index (χ0) is 18.0. The first-order valence-electron chi connectivity index (χ1n) is 7.01. The molecule has 9 heteroatoms. The van der Waals surface area contributed by atoms with Crippen LogP contribution in [0.15, 0.2) is 58.0 Å². The summed E-state index contributed by atoms with van der Waals surface area (Å²) >= 11 is 3.17. The van der Waals surface area contributed by atoms with Crippen molar-refractivity contribution < 1.29 is 18.0 Å². The number of aromatic nitrogens is 1. The van der Waals surface area contributed by atoms with Gasteiger partial charge in [0.1, 0.15) is 0 Å². The third-order valence-corrected chi connectivity index (χ3v) is 4.47. The molecular weight excluding hydrogens is 419 g/mol. The fourth-order valence-electron chi connectivity index (χ4n) is 2.23. The Morgan fingerprint density at radius 2 is 1.80 bits per heavy atom. The molecule has 0 unspecified atom stereocenters. The molecule has 0 saturated heterocycles. The van der Waals surface area contributed by atoms with Crippen LogP contribution in [0.4, 0.5) is 29.3 Å². The highest BCUT2D eigenvalue weighted by Gasteiger charge is 2.29. The van der Waals surface area contributed by atoms with Gasteiger partial charge in [-0.15, -0.1) is 0 Å². The van der Waals surface area contributed by atoms with Gasteiger partial charge in [-0.2, -0.15) is 13.2 Å². The maximum absolute atomic E-state index is 12.3. The van der Waals surface area contributed by atoms with Gasteiger partial charge in [0.15, 0.2) is 0 Å². The van der Waals surface area contributed by atoms with E-state index in [0.29, 0.717) is 11.4 Å². The zero-order valence-electron chi connectivity index (χ0n) is 12.4. The summed E-state index contributed by atoms with van der Waals surface area (Å²) in [6.45, 7) is 0. The molecule has 0 aliphatic rings. The maximum Gasteiger partial charge on any atom is 0.446 e. The number of hydrogen-bond donors (Lipinski definition) is 3. The fraction of sp³-hybridized carbons (Fsp3) is 0.0625. The van der Waals surface area contributed by atoms with E-state index < -0.39 is 11.5 Å². The lowest BCUT2D eigenvalue weighted by atomic mass is 10.2. The first kappa shape index (κ1) is 17.7. The summed E-state index contributed by atoms with van der Waals surface area (Å²) in [6, 6.07) is 10.6. The predicted molar refractivity (Wildman–Crippen MR) is 97.0 cm³/mol. The van der Waals surface area contributed by atoms with Crippen molar-refractivity contribution in [3.8, 4) is 0 Å². The second kappa shape index (κ2) is 7.01. The van der Waals surface area contributed by atoms with Gasteiger partial charge in [-0.05, 0) is 54.2 Å². The fourth-order valence-corrected chi connectivity index (χ4v) is 3.13. The van der Waals surface area contributed by atoms with Gasteiger partial charge < -0.3 is 15.6 Å². The molecule has 130 valence electrons. The Morgan fingerprint density at radius 3 is 2.48 bits per heavy atom. The number of alkyl halides is 3. The average molecular weight is 430 g/mol. The number of anilines is 2. The number of carbonyl (C=O) groups is 1. The highest BCUT2D eigenvalue weighted by Crippen LogP contribution is 2.37. The second-order valence-corrected chi connectivity index (χ2v) is 7.10. The molecule has 3 aromatic rings. The number of benzene rings is 2. The number of H-pyrrole nitrogens is 1. The van der Waals surface area contributed by atoms with Gasteiger partial charge in [-0.3, -0.25) is 0 Å². The third kappa shape index (κ3) is 4.70. The summed E-state index contributed by atoms with van der Waals surface area (Å²) in [4.78, 5) is 15.2. The molecule has 0 radical (unpaired) electrons. The van der Waals surface area contributed by atoms with E-state index in [-0.39, 0.29) is 16.7 Å².